The third-order valence-electron chi connectivity index (χ3n) is 3.38. The van der Waals surface area contributed by atoms with Gasteiger partial charge in [0.2, 0.25) is 5.91 Å². The first-order valence-corrected chi connectivity index (χ1v) is 6.57. The summed E-state index contributed by atoms with van der Waals surface area (Å²) in [5.74, 6) is -0.624. The molecule has 0 aliphatic heterocycles. The molecule has 6 heteroatoms. The van der Waals surface area contributed by atoms with Gasteiger partial charge in [0.1, 0.15) is 6.54 Å². The fourth-order valence-electron chi connectivity index (χ4n) is 2.37. The molecule has 1 aromatic carbocycles. The number of nitrogens with one attached hydrogen (secondary N) is 2. The highest BCUT2D eigenvalue weighted by molar-refractivity contribution is 5.78. The van der Waals surface area contributed by atoms with Gasteiger partial charge in [-0.2, -0.15) is 13.2 Å². The minimum atomic E-state index is -4.36. The van der Waals surface area contributed by atoms with Gasteiger partial charge in [-0.3, -0.25) is 4.79 Å². The minimum Gasteiger partial charge on any atom is -0.346 e. The number of fused-ring (bicyclic) bond motifs is 1. The number of aryl methyl sites for hydroxylation is 1. The van der Waals surface area contributed by atoms with Crippen molar-refractivity contribution in [3.8, 4) is 0 Å². The summed E-state index contributed by atoms with van der Waals surface area (Å²) in [6.07, 6.45) is -1.73. The number of carbonyl (C=O) groups is 1. The summed E-state index contributed by atoms with van der Waals surface area (Å²) < 4.78 is 35.8. The Kier molecular flexibility index (Phi) is 4.65. The van der Waals surface area contributed by atoms with Crippen molar-refractivity contribution >= 4 is 5.91 Å². The molecule has 0 fully saturated rings. The summed E-state index contributed by atoms with van der Waals surface area (Å²) in [6, 6.07) is 8.24. The summed E-state index contributed by atoms with van der Waals surface area (Å²) in [5, 5.41) is 4.87. The van der Waals surface area contributed by atoms with Gasteiger partial charge in [0.25, 0.3) is 0 Å². The molecule has 1 amide bonds. The van der Waals surface area contributed by atoms with E-state index in [1.54, 1.807) is 0 Å². The molecule has 0 heterocycles. The average molecular weight is 286 g/mol. The van der Waals surface area contributed by atoms with Crippen molar-refractivity contribution in [2.75, 3.05) is 13.1 Å². The van der Waals surface area contributed by atoms with Crippen LogP contribution in [0.5, 0.6) is 0 Å². The van der Waals surface area contributed by atoms with Crippen LogP contribution in [0.1, 0.15) is 17.5 Å². The maximum atomic E-state index is 11.9. The highest BCUT2D eigenvalue weighted by Gasteiger charge is 2.27. The summed E-state index contributed by atoms with van der Waals surface area (Å²) in [4.78, 5) is 11.3. The van der Waals surface area contributed by atoms with Crippen LogP contribution >= 0.6 is 0 Å². The Morgan fingerprint density at radius 1 is 1.25 bits per heavy atom. The van der Waals surface area contributed by atoms with Crippen LogP contribution in [-0.2, 0) is 17.6 Å². The third-order valence-corrected chi connectivity index (χ3v) is 3.38. The predicted octanol–water partition coefficient (Wildman–Crippen LogP) is 1.81. The van der Waals surface area contributed by atoms with Crippen molar-refractivity contribution in [1.82, 2.24) is 10.6 Å². The number of benzene rings is 1. The van der Waals surface area contributed by atoms with Crippen LogP contribution < -0.4 is 10.6 Å². The van der Waals surface area contributed by atoms with Crippen LogP contribution in [0.2, 0.25) is 0 Å². The summed E-state index contributed by atoms with van der Waals surface area (Å²) in [5.41, 5.74) is 2.55. The zero-order valence-electron chi connectivity index (χ0n) is 11.0. The van der Waals surface area contributed by atoms with E-state index in [0.717, 1.165) is 19.3 Å². The molecule has 0 bridgehead atoms. The lowest BCUT2D eigenvalue weighted by Gasteiger charge is -2.25. The van der Waals surface area contributed by atoms with Crippen molar-refractivity contribution in [2.24, 2.45) is 0 Å². The Hall–Kier alpha value is -1.56. The minimum absolute atomic E-state index is 0.0804. The van der Waals surface area contributed by atoms with Crippen LogP contribution in [0.4, 0.5) is 13.2 Å². The SMILES string of the molecule is O=C(CNC1CCc2ccccc2C1)NCC(F)(F)F. The van der Waals surface area contributed by atoms with Crippen LogP contribution in [0.25, 0.3) is 0 Å². The molecule has 0 radical (unpaired) electrons. The number of alkyl halides is 3. The van der Waals surface area contributed by atoms with Gasteiger partial charge < -0.3 is 10.6 Å². The van der Waals surface area contributed by atoms with Gasteiger partial charge >= 0.3 is 6.18 Å². The maximum absolute atomic E-state index is 11.9. The molecule has 1 unspecified atom stereocenters. The van der Waals surface area contributed by atoms with Crippen LogP contribution in [0.15, 0.2) is 24.3 Å². The molecule has 0 spiro atoms. The van der Waals surface area contributed by atoms with E-state index in [0.29, 0.717) is 0 Å². The van der Waals surface area contributed by atoms with Gasteiger partial charge in [-0.05, 0) is 30.4 Å². The van der Waals surface area contributed by atoms with Crippen LogP contribution in [0, 0.1) is 0 Å². The van der Waals surface area contributed by atoms with Gasteiger partial charge in [-0.15, -0.1) is 0 Å². The van der Waals surface area contributed by atoms with E-state index in [-0.39, 0.29) is 12.6 Å². The Morgan fingerprint density at radius 2 is 1.95 bits per heavy atom. The first kappa shape index (κ1) is 14.8. The molecule has 2 rings (SSSR count). The van der Waals surface area contributed by atoms with Gasteiger partial charge in [0.05, 0.1) is 6.54 Å². The van der Waals surface area contributed by atoms with Crippen LogP contribution in [-0.4, -0.2) is 31.2 Å². The van der Waals surface area contributed by atoms with E-state index in [1.165, 1.54) is 11.1 Å². The molecule has 2 N–H and O–H groups in total. The molecular weight excluding hydrogens is 269 g/mol. The summed E-state index contributed by atoms with van der Waals surface area (Å²) in [7, 11) is 0. The molecule has 0 saturated heterocycles. The zero-order valence-corrected chi connectivity index (χ0v) is 11.0. The van der Waals surface area contributed by atoms with E-state index in [1.807, 2.05) is 23.5 Å². The number of rotatable bonds is 4. The average Bonchev–Trinajstić information content (AvgIpc) is 2.42. The summed E-state index contributed by atoms with van der Waals surface area (Å²) >= 11 is 0. The number of hydrogen-bond donors (Lipinski definition) is 2. The van der Waals surface area contributed by atoms with Gasteiger partial charge in [-0.1, -0.05) is 24.3 Å². The van der Waals surface area contributed by atoms with E-state index >= 15 is 0 Å². The van der Waals surface area contributed by atoms with Crippen molar-refractivity contribution in [1.29, 1.82) is 0 Å². The van der Waals surface area contributed by atoms with E-state index < -0.39 is 18.6 Å². The third kappa shape index (κ3) is 4.52. The second-order valence-electron chi connectivity index (χ2n) is 4.98. The first-order chi connectivity index (χ1) is 9.44. The standard InChI is InChI=1S/C14H17F3N2O/c15-14(16,17)9-19-13(20)8-18-12-6-5-10-3-1-2-4-11(10)7-12/h1-4,12,18H,5-9H2,(H,19,20). The lowest BCUT2D eigenvalue weighted by atomic mass is 9.88. The largest absolute Gasteiger partial charge is 0.405 e. The molecule has 1 aliphatic carbocycles. The maximum Gasteiger partial charge on any atom is 0.405 e. The second kappa shape index (κ2) is 6.26. The first-order valence-electron chi connectivity index (χ1n) is 6.57. The molecular formula is C14H17F3N2O. The lowest BCUT2D eigenvalue weighted by molar-refractivity contribution is -0.137. The molecule has 3 nitrogen and oxygen atoms in total. The normalized spacial score (nSPS) is 18.4. The lowest BCUT2D eigenvalue weighted by Crippen LogP contribution is -2.43. The Balaban J connectivity index is 1.75. The summed E-state index contributed by atoms with van der Waals surface area (Å²) in [6.45, 7) is -1.36. The van der Waals surface area contributed by atoms with Crippen LogP contribution in [0.3, 0.4) is 0 Å². The number of amides is 1. The topological polar surface area (TPSA) is 41.1 Å². The Labute approximate surface area is 115 Å². The molecule has 1 aliphatic rings. The molecule has 1 atom stereocenters. The molecule has 20 heavy (non-hydrogen) atoms. The second-order valence-corrected chi connectivity index (χ2v) is 4.98. The van der Waals surface area contributed by atoms with E-state index in [4.69, 9.17) is 0 Å². The van der Waals surface area contributed by atoms with Gasteiger partial charge in [-0.25, -0.2) is 0 Å². The Bertz CT molecular complexity index is 474. The fourth-order valence-corrected chi connectivity index (χ4v) is 2.37. The zero-order chi connectivity index (χ0) is 14.6. The van der Waals surface area contributed by atoms with Crippen molar-refractivity contribution in [3.05, 3.63) is 35.4 Å². The van der Waals surface area contributed by atoms with Crippen molar-refractivity contribution in [3.63, 3.8) is 0 Å². The molecule has 0 aromatic heterocycles. The highest BCUT2D eigenvalue weighted by Crippen LogP contribution is 2.20. The van der Waals surface area contributed by atoms with E-state index in [9.17, 15) is 18.0 Å². The molecule has 110 valence electrons. The van der Waals surface area contributed by atoms with Crippen molar-refractivity contribution in [2.45, 2.75) is 31.5 Å². The highest BCUT2D eigenvalue weighted by atomic mass is 19.4. The number of carbonyl (C=O) groups excluding carboxylic acids is 1. The quantitative estimate of drug-likeness (QED) is 0.886. The molecule has 1 aromatic rings. The fraction of sp³-hybridized carbons (Fsp3) is 0.500. The smallest absolute Gasteiger partial charge is 0.346 e. The Morgan fingerprint density at radius 3 is 2.65 bits per heavy atom. The number of hydrogen-bond acceptors (Lipinski definition) is 2. The van der Waals surface area contributed by atoms with Crippen molar-refractivity contribution < 1.29 is 18.0 Å². The molecule has 0 saturated carbocycles. The number of halogens is 3. The monoisotopic (exact) mass is 286 g/mol. The predicted molar refractivity (Wildman–Crippen MR) is 69.3 cm³/mol. The van der Waals surface area contributed by atoms with Gasteiger partial charge in [0.15, 0.2) is 0 Å². The van der Waals surface area contributed by atoms with Gasteiger partial charge in [0, 0.05) is 6.04 Å². The van der Waals surface area contributed by atoms with E-state index in [2.05, 4.69) is 11.4 Å².